The fourth-order valence-electron chi connectivity index (χ4n) is 1.99. The summed E-state index contributed by atoms with van der Waals surface area (Å²) in [4.78, 5) is 14.0. The van der Waals surface area contributed by atoms with Gasteiger partial charge in [-0.2, -0.15) is 0 Å². The van der Waals surface area contributed by atoms with Gasteiger partial charge < -0.3 is 9.47 Å². The number of amides is 1. The van der Waals surface area contributed by atoms with Gasteiger partial charge in [-0.15, -0.1) is 4.83 Å². The molecule has 2 N–H and O–H groups in total. The number of hydrogen-bond acceptors (Lipinski definition) is 5. The summed E-state index contributed by atoms with van der Waals surface area (Å²) < 4.78 is 34.1. The van der Waals surface area contributed by atoms with Crippen LogP contribution < -0.4 is 19.7 Å². The van der Waals surface area contributed by atoms with Gasteiger partial charge in [0.25, 0.3) is 15.9 Å². The molecule has 3 rings (SSSR count). The quantitative estimate of drug-likeness (QED) is 0.803. The fourth-order valence-corrected chi connectivity index (χ4v) is 2.63. The molecule has 0 saturated heterocycles. The third-order valence-corrected chi connectivity index (χ3v) is 4.06. The number of rotatable bonds is 5. The Hall–Kier alpha value is -2.84. The molecule has 2 aromatic carbocycles. The number of carbonyl (C=O) groups excluding carboxylic acids is 1. The molecule has 1 aliphatic heterocycles. The third-order valence-electron chi connectivity index (χ3n) is 3.18. The van der Waals surface area contributed by atoms with E-state index in [9.17, 15) is 13.2 Å². The molecule has 0 saturated carbocycles. The Bertz CT molecular complexity index is 879. The van der Waals surface area contributed by atoms with Gasteiger partial charge in [0, 0.05) is 11.0 Å². The van der Waals surface area contributed by atoms with E-state index in [0.29, 0.717) is 11.5 Å². The van der Waals surface area contributed by atoms with Gasteiger partial charge in [-0.3, -0.25) is 10.2 Å². The first-order valence-corrected chi connectivity index (χ1v) is 8.53. The third kappa shape index (κ3) is 3.92. The molecule has 7 nitrogen and oxygen atoms in total. The van der Waals surface area contributed by atoms with E-state index in [1.54, 1.807) is 30.3 Å². The van der Waals surface area contributed by atoms with E-state index in [1.165, 1.54) is 18.2 Å². The van der Waals surface area contributed by atoms with Crippen LogP contribution in [-0.4, -0.2) is 21.1 Å². The molecule has 0 spiro atoms. The number of nitrogens with one attached hydrogen (secondary N) is 2. The normalized spacial score (nSPS) is 13.2. The second-order valence-electron chi connectivity index (χ2n) is 4.88. The van der Waals surface area contributed by atoms with Crippen molar-refractivity contribution >= 4 is 22.0 Å². The summed E-state index contributed by atoms with van der Waals surface area (Å²) in [6, 6.07) is 13.5. The topological polar surface area (TPSA) is 93.7 Å². The van der Waals surface area contributed by atoms with Crippen molar-refractivity contribution in [1.29, 1.82) is 0 Å². The zero-order valence-electron chi connectivity index (χ0n) is 12.4. The largest absolute Gasteiger partial charge is 0.454 e. The van der Waals surface area contributed by atoms with Crippen LogP contribution in [0.15, 0.2) is 53.9 Å². The first kappa shape index (κ1) is 16.0. The number of carbonyl (C=O) groups is 1. The molecule has 0 fully saturated rings. The fraction of sp³-hybridized carbons (Fsp3) is 0.0625. The number of hydrazine groups is 1. The molecule has 0 aromatic heterocycles. The number of sulfonamides is 1. The monoisotopic (exact) mass is 346 g/mol. The molecule has 0 aliphatic carbocycles. The van der Waals surface area contributed by atoms with E-state index in [-0.39, 0.29) is 12.4 Å². The lowest BCUT2D eigenvalue weighted by molar-refractivity contribution is 0.0945. The zero-order valence-corrected chi connectivity index (χ0v) is 13.2. The molecule has 0 bridgehead atoms. The zero-order chi connectivity index (χ0) is 17.0. The van der Waals surface area contributed by atoms with Crippen LogP contribution in [0.25, 0.3) is 6.08 Å². The maximum atomic E-state index is 12.0. The lowest BCUT2D eigenvalue weighted by Gasteiger charge is -2.06. The van der Waals surface area contributed by atoms with Crippen LogP contribution in [0.1, 0.15) is 15.9 Å². The SMILES string of the molecule is O=C(NNS(=O)(=O)C=Cc1ccccc1)c1ccc2c(c1)OCO2. The molecule has 0 radical (unpaired) electrons. The summed E-state index contributed by atoms with van der Waals surface area (Å²) >= 11 is 0. The van der Waals surface area contributed by atoms with Gasteiger partial charge in [0.2, 0.25) is 6.79 Å². The highest BCUT2D eigenvalue weighted by Crippen LogP contribution is 2.32. The Morgan fingerprint density at radius 1 is 1.04 bits per heavy atom. The van der Waals surface area contributed by atoms with Crippen molar-refractivity contribution in [2.45, 2.75) is 0 Å². The molecular formula is C16H14N2O5S. The van der Waals surface area contributed by atoms with Crippen molar-refractivity contribution in [3.05, 3.63) is 65.1 Å². The van der Waals surface area contributed by atoms with Crippen molar-refractivity contribution in [3.8, 4) is 11.5 Å². The van der Waals surface area contributed by atoms with E-state index in [4.69, 9.17) is 9.47 Å². The molecule has 2 aromatic rings. The summed E-state index contributed by atoms with van der Waals surface area (Å²) in [7, 11) is -3.81. The van der Waals surface area contributed by atoms with Crippen molar-refractivity contribution in [3.63, 3.8) is 0 Å². The van der Waals surface area contributed by atoms with Gasteiger partial charge >= 0.3 is 0 Å². The summed E-state index contributed by atoms with van der Waals surface area (Å²) in [5.74, 6) is 0.373. The van der Waals surface area contributed by atoms with Crippen molar-refractivity contribution < 1.29 is 22.7 Å². The highest BCUT2D eigenvalue weighted by atomic mass is 32.2. The molecule has 0 unspecified atom stereocenters. The minimum absolute atomic E-state index is 0.0946. The Morgan fingerprint density at radius 2 is 1.79 bits per heavy atom. The Morgan fingerprint density at radius 3 is 2.58 bits per heavy atom. The first-order chi connectivity index (χ1) is 11.5. The Labute approximate surface area is 138 Å². The van der Waals surface area contributed by atoms with Gasteiger partial charge in [-0.1, -0.05) is 30.3 Å². The minimum atomic E-state index is -3.81. The summed E-state index contributed by atoms with van der Waals surface area (Å²) in [5, 5.41) is 0.974. The molecule has 1 amide bonds. The van der Waals surface area contributed by atoms with Gasteiger partial charge in [0.15, 0.2) is 11.5 Å². The molecule has 124 valence electrons. The van der Waals surface area contributed by atoms with Gasteiger partial charge in [0.05, 0.1) is 0 Å². The summed E-state index contributed by atoms with van der Waals surface area (Å²) in [5.41, 5.74) is 3.11. The molecule has 24 heavy (non-hydrogen) atoms. The van der Waals surface area contributed by atoms with Gasteiger partial charge in [0.1, 0.15) is 0 Å². The number of ether oxygens (including phenoxy) is 2. The smallest absolute Gasteiger partial charge is 0.266 e. The first-order valence-electron chi connectivity index (χ1n) is 6.98. The average molecular weight is 346 g/mol. The Balaban J connectivity index is 1.62. The van der Waals surface area contributed by atoms with Crippen LogP contribution in [0.4, 0.5) is 0 Å². The molecule has 8 heteroatoms. The predicted octanol–water partition coefficient (Wildman–Crippen LogP) is 1.65. The predicted molar refractivity (Wildman–Crippen MR) is 87.6 cm³/mol. The van der Waals surface area contributed by atoms with E-state index < -0.39 is 15.9 Å². The molecule has 1 heterocycles. The lowest BCUT2D eigenvalue weighted by Crippen LogP contribution is -2.40. The average Bonchev–Trinajstić information content (AvgIpc) is 3.07. The van der Waals surface area contributed by atoms with Crippen LogP contribution in [0.3, 0.4) is 0 Å². The molecule has 1 aliphatic rings. The van der Waals surface area contributed by atoms with Crippen LogP contribution >= 0.6 is 0 Å². The van der Waals surface area contributed by atoms with Gasteiger partial charge in [-0.25, -0.2) is 8.42 Å². The van der Waals surface area contributed by atoms with Crippen molar-refractivity contribution in [2.24, 2.45) is 0 Å². The second kappa shape index (κ2) is 6.73. The van der Waals surface area contributed by atoms with Crippen LogP contribution in [0.2, 0.25) is 0 Å². The van der Waals surface area contributed by atoms with Crippen molar-refractivity contribution in [2.75, 3.05) is 6.79 Å². The number of hydrogen-bond donors (Lipinski definition) is 2. The second-order valence-corrected chi connectivity index (χ2v) is 6.45. The summed E-state index contributed by atoms with van der Waals surface area (Å²) in [6.45, 7) is 0.0946. The highest BCUT2D eigenvalue weighted by molar-refractivity contribution is 7.92. The van der Waals surface area contributed by atoms with Gasteiger partial charge in [-0.05, 0) is 29.8 Å². The maximum absolute atomic E-state index is 12.0. The standard InChI is InChI=1S/C16H14N2O5S/c19-16(13-6-7-14-15(10-13)23-11-22-14)17-18-24(20,21)9-8-12-4-2-1-3-5-12/h1-10,18H,11H2,(H,17,19). The molecular weight excluding hydrogens is 332 g/mol. The van der Waals surface area contributed by atoms with Crippen LogP contribution in [0.5, 0.6) is 11.5 Å². The Kier molecular flexibility index (Phi) is 4.50. The van der Waals surface area contributed by atoms with E-state index >= 15 is 0 Å². The number of benzene rings is 2. The van der Waals surface area contributed by atoms with E-state index in [2.05, 4.69) is 5.43 Å². The van der Waals surface area contributed by atoms with Crippen LogP contribution in [-0.2, 0) is 10.0 Å². The molecule has 0 atom stereocenters. The lowest BCUT2D eigenvalue weighted by atomic mass is 10.2. The van der Waals surface area contributed by atoms with E-state index in [1.807, 2.05) is 10.9 Å². The highest BCUT2D eigenvalue weighted by Gasteiger charge is 2.17. The van der Waals surface area contributed by atoms with E-state index in [0.717, 1.165) is 11.0 Å². The summed E-state index contributed by atoms with van der Waals surface area (Å²) in [6.07, 6.45) is 1.43. The van der Waals surface area contributed by atoms with Crippen LogP contribution in [0, 0.1) is 0 Å². The maximum Gasteiger partial charge on any atom is 0.266 e. The minimum Gasteiger partial charge on any atom is -0.454 e. The van der Waals surface area contributed by atoms with Crippen molar-refractivity contribution in [1.82, 2.24) is 10.3 Å². The number of fused-ring (bicyclic) bond motifs is 1.